The summed E-state index contributed by atoms with van der Waals surface area (Å²) >= 11 is 3.22. The molecule has 1 aliphatic rings. The zero-order chi connectivity index (χ0) is 21.9. The molecule has 30 heavy (non-hydrogen) atoms. The Morgan fingerprint density at radius 1 is 1.23 bits per heavy atom. The van der Waals surface area contributed by atoms with Crippen molar-refractivity contribution < 1.29 is 27.1 Å². The van der Waals surface area contributed by atoms with Gasteiger partial charge < -0.3 is 4.74 Å². The Hall–Kier alpha value is -2.52. The van der Waals surface area contributed by atoms with Crippen LogP contribution in [0.2, 0.25) is 0 Å². The van der Waals surface area contributed by atoms with E-state index in [0.717, 1.165) is 11.6 Å². The lowest BCUT2D eigenvalue weighted by atomic mass is 10.1. The van der Waals surface area contributed by atoms with Crippen molar-refractivity contribution in [3.05, 3.63) is 69.5 Å². The number of hydrogen-bond donors (Lipinski definition) is 0. The number of carbonyl (C=O) groups excluding carboxylic acids is 2. The van der Waals surface area contributed by atoms with Gasteiger partial charge in [-0.15, -0.1) is 0 Å². The van der Waals surface area contributed by atoms with Crippen molar-refractivity contribution in [3.63, 3.8) is 0 Å². The second-order valence-corrected chi connectivity index (χ2v) is 9.69. The molecule has 0 atom stereocenters. The van der Waals surface area contributed by atoms with E-state index in [-0.39, 0.29) is 11.3 Å². The second-order valence-electron chi connectivity index (χ2n) is 6.60. The summed E-state index contributed by atoms with van der Waals surface area (Å²) in [6.07, 6.45) is 2.83. The van der Waals surface area contributed by atoms with Crippen LogP contribution in [-0.4, -0.2) is 39.1 Å². The number of fused-ring (bicyclic) bond motifs is 1. The number of ketones is 1. The number of halogens is 2. The molecule has 0 fully saturated rings. The minimum atomic E-state index is -3.36. The van der Waals surface area contributed by atoms with E-state index in [0.29, 0.717) is 28.7 Å². The van der Waals surface area contributed by atoms with Crippen LogP contribution in [-0.2, 0) is 26.0 Å². The summed E-state index contributed by atoms with van der Waals surface area (Å²) in [4.78, 5) is 24.2. The first-order valence-electron chi connectivity index (χ1n) is 9.17. The van der Waals surface area contributed by atoms with Crippen molar-refractivity contribution in [2.24, 2.45) is 0 Å². The van der Waals surface area contributed by atoms with Crippen LogP contribution in [0.5, 0.6) is 0 Å². The molecule has 0 unspecified atom stereocenters. The number of sulfonamides is 1. The van der Waals surface area contributed by atoms with Crippen LogP contribution in [0.4, 0.5) is 10.1 Å². The van der Waals surface area contributed by atoms with Crippen molar-refractivity contribution >= 4 is 49.5 Å². The largest absolute Gasteiger partial charge is 0.454 e. The van der Waals surface area contributed by atoms with E-state index in [1.807, 2.05) is 0 Å². The monoisotopic (exact) mass is 495 g/mol. The van der Waals surface area contributed by atoms with Gasteiger partial charge >= 0.3 is 5.97 Å². The Bertz CT molecular complexity index is 1130. The first-order valence-corrected chi connectivity index (χ1v) is 11.6. The number of benzene rings is 2. The van der Waals surface area contributed by atoms with Crippen LogP contribution < -0.4 is 4.31 Å². The van der Waals surface area contributed by atoms with Gasteiger partial charge in [-0.05, 0) is 61.4 Å². The Labute approximate surface area is 182 Å². The summed E-state index contributed by atoms with van der Waals surface area (Å²) in [5, 5.41) is 0. The molecule has 158 valence electrons. The van der Waals surface area contributed by atoms with Gasteiger partial charge in [-0.3, -0.25) is 9.10 Å². The van der Waals surface area contributed by atoms with Gasteiger partial charge in [-0.25, -0.2) is 17.6 Å². The van der Waals surface area contributed by atoms with Crippen molar-refractivity contribution in [2.75, 3.05) is 23.2 Å². The molecule has 0 spiro atoms. The normalized spacial score (nSPS) is 13.5. The molecule has 0 N–H and O–H groups in total. The van der Waals surface area contributed by atoms with Crippen molar-refractivity contribution in [1.29, 1.82) is 0 Å². The first-order chi connectivity index (χ1) is 14.2. The minimum Gasteiger partial charge on any atom is -0.454 e. The molecular weight excluding hydrogens is 477 g/mol. The zero-order valence-corrected chi connectivity index (χ0v) is 18.5. The van der Waals surface area contributed by atoms with Gasteiger partial charge in [0.25, 0.3) is 0 Å². The summed E-state index contributed by atoms with van der Waals surface area (Å²) in [6, 6.07) is 9.06. The van der Waals surface area contributed by atoms with Crippen LogP contribution in [0.25, 0.3) is 6.08 Å². The molecular formula is C21H19BrFNO5S. The molecule has 9 heteroatoms. The SMILES string of the molecule is CCS(=O)(=O)N1CCc2cc(C(=O)COC(=O)/C=C/c3cc(Br)ccc3F)ccc21. The van der Waals surface area contributed by atoms with Crippen LogP contribution in [0.15, 0.2) is 46.9 Å². The summed E-state index contributed by atoms with van der Waals surface area (Å²) in [5.74, 6) is -1.68. The fourth-order valence-electron chi connectivity index (χ4n) is 3.06. The lowest BCUT2D eigenvalue weighted by Gasteiger charge is -2.18. The van der Waals surface area contributed by atoms with Gasteiger partial charge in [0.15, 0.2) is 12.4 Å². The number of nitrogens with zero attached hydrogens (tertiary/aromatic N) is 1. The minimum absolute atomic E-state index is 0.000422. The highest BCUT2D eigenvalue weighted by Crippen LogP contribution is 2.31. The van der Waals surface area contributed by atoms with Gasteiger partial charge in [0.1, 0.15) is 5.82 Å². The maximum absolute atomic E-state index is 13.7. The Balaban J connectivity index is 1.62. The summed E-state index contributed by atoms with van der Waals surface area (Å²) in [5.41, 5.74) is 1.87. The average Bonchev–Trinajstić information content (AvgIpc) is 3.16. The maximum Gasteiger partial charge on any atom is 0.331 e. The van der Waals surface area contributed by atoms with Crippen molar-refractivity contribution in [1.82, 2.24) is 0 Å². The molecule has 3 rings (SSSR count). The van der Waals surface area contributed by atoms with Gasteiger partial charge in [-0.2, -0.15) is 0 Å². The summed E-state index contributed by atoms with van der Waals surface area (Å²) in [6.45, 7) is 1.45. The number of ether oxygens (including phenoxy) is 1. The third kappa shape index (κ3) is 4.96. The van der Waals surface area contributed by atoms with Gasteiger partial charge in [0.05, 0.1) is 11.4 Å². The molecule has 0 radical (unpaired) electrons. The molecule has 0 amide bonds. The van der Waals surface area contributed by atoms with Gasteiger partial charge in [-0.1, -0.05) is 15.9 Å². The van der Waals surface area contributed by atoms with Gasteiger partial charge in [0, 0.05) is 28.2 Å². The molecule has 0 saturated heterocycles. The number of Topliss-reactive ketones (excluding diaryl/α,β-unsaturated/α-hetero) is 1. The fourth-order valence-corrected chi connectivity index (χ4v) is 4.60. The first kappa shape index (κ1) is 22.2. The van der Waals surface area contributed by atoms with Crippen LogP contribution in [0.1, 0.15) is 28.4 Å². The molecule has 6 nitrogen and oxygen atoms in total. The second kappa shape index (κ2) is 9.09. The number of anilines is 1. The molecule has 0 aliphatic carbocycles. The molecule has 1 aliphatic heterocycles. The average molecular weight is 496 g/mol. The highest BCUT2D eigenvalue weighted by Gasteiger charge is 2.28. The summed E-state index contributed by atoms with van der Waals surface area (Å²) in [7, 11) is -3.36. The smallest absolute Gasteiger partial charge is 0.331 e. The predicted octanol–water partition coefficient (Wildman–Crippen LogP) is 3.74. The third-order valence-electron chi connectivity index (χ3n) is 4.66. The molecule has 0 saturated carbocycles. The fraction of sp³-hybridized carbons (Fsp3) is 0.238. The van der Waals surface area contributed by atoms with E-state index >= 15 is 0 Å². The molecule has 2 aromatic carbocycles. The van der Waals surface area contributed by atoms with Crippen LogP contribution in [0, 0.1) is 5.82 Å². The van der Waals surface area contributed by atoms with E-state index in [2.05, 4.69) is 15.9 Å². The molecule has 2 aromatic rings. The molecule has 1 heterocycles. The lowest BCUT2D eigenvalue weighted by molar-refractivity contribution is -0.136. The third-order valence-corrected chi connectivity index (χ3v) is 6.93. The van der Waals surface area contributed by atoms with Crippen LogP contribution in [0.3, 0.4) is 0 Å². The maximum atomic E-state index is 13.7. The molecule has 0 aromatic heterocycles. The molecule has 0 bridgehead atoms. The van der Waals surface area contributed by atoms with Gasteiger partial charge in [0.2, 0.25) is 10.0 Å². The zero-order valence-electron chi connectivity index (χ0n) is 16.1. The standard InChI is InChI=1S/C21H19BrFNO5S/c1-2-30(27,28)24-10-9-15-11-16(3-7-19(15)24)20(25)13-29-21(26)8-4-14-12-17(22)5-6-18(14)23/h3-8,11-12H,2,9-10,13H2,1H3/b8-4+. The van der Waals surface area contributed by atoms with Crippen molar-refractivity contribution in [2.45, 2.75) is 13.3 Å². The Kier molecular flexibility index (Phi) is 6.72. The quantitative estimate of drug-likeness (QED) is 0.332. The van der Waals surface area contributed by atoms with Crippen LogP contribution >= 0.6 is 15.9 Å². The number of hydrogen-bond acceptors (Lipinski definition) is 5. The highest BCUT2D eigenvalue weighted by atomic mass is 79.9. The van der Waals surface area contributed by atoms with E-state index in [1.165, 1.54) is 34.6 Å². The Morgan fingerprint density at radius 3 is 2.73 bits per heavy atom. The highest BCUT2D eigenvalue weighted by molar-refractivity contribution is 9.10. The van der Waals surface area contributed by atoms with E-state index in [4.69, 9.17) is 4.74 Å². The number of carbonyl (C=O) groups is 2. The van der Waals surface area contributed by atoms with Crippen molar-refractivity contribution in [3.8, 4) is 0 Å². The van der Waals surface area contributed by atoms with E-state index in [9.17, 15) is 22.4 Å². The number of rotatable bonds is 7. The topological polar surface area (TPSA) is 80.8 Å². The summed E-state index contributed by atoms with van der Waals surface area (Å²) < 4.78 is 44.9. The van der Waals surface area contributed by atoms with E-state index < -0.39 is 34.2 Å². The lowest BCUT2D eigenvalue weighted by Crippen LogP contribution is -2.30. The Morgan fingerprint density at radius 2 is 2.00 bits per heavy atom. The predicted molar refractivity (Wildman–Crippen MR) is 115 cm³/mol. The number of esters is 1. The van der Waals surface area contributed by atoms with E-state index in [1.54, 1.807) is 19.1 Å².